The first-order valence-corrected chi connectivity index (χ1v) is 9.19. The molecule has 0 fully saturated rings. The van der Waals surface area contributed by atoms with Crippen molar-refractivity contribution >= 4 is 34.0 Å². The van der Waals surface area contributed by atoms with E-state index < -0.39 is 6.10 Å². The second-order valence-electron chi connectivity index (χ2n) is 6.22. The summed E-state index contributed by atoms with van der Waals surface area (Å²) in [5.74, 6) is 1.15. The second kappa shape index (κ2) is 8.36. The molecule has 0 bridgehead atoms. The molecule has 142 valence electrons. The van der Waals surface area contributed by atoms with Gasteiger partial charge >= 0.3 is 0 Å². The summed E-state index contributed by atoms with van der Waals surface area (Å²) in [4.78, 5) is 0. The molecule has 1 atom stereocenters. The minimum absolute atomic E-state index is 0.0329. The third-order valence-electron chi connectivity index (χ3n) is 4.37. The number of aliphatic hydroxyl groups excluding tert-OH is 2. The van der Waals surface area contributed by atoms with Crippen LogP contribution in [0.1, 0.15) is 5.56 Å². The van der Waals surface area contributed by atoms with Crippen LogP contribution in [-0.2, 0) is 0 Å². The molecule has 27 heavy (non-hydrogen) atoms. The van der Waals surface area contributed by atoms with E-state index in [1.807, 2.05) is 25.1 Å². The number of benzene rings is 3. The van der Waals surface area contributed by atoms with Crippen LogP contribution in [0.2, 0.25) is 10.0 Å². The molecular weight excluding hydrogens is 387 g/mol. The molecule has 0 spiro atoms. The van der Waals surface area contributed by atoms with Crippen LogP contribution in [0.4, 0.5) is 0 Å². The largest absolute Gasteiger partial charge is 0.497 e. The summed E-state index contributed by atoms with van der Waals surface area (Å²) in [7, 11) is 1.57. The van der Waals surface area contributed by atoms with Crippen molar-refractivity contribution in [1.29, 1.82) is 0 Å². The Hall–Kier alpha value is -1.98. The van der Waals surface area contributed by atoms with Gasteiger partial charge in [-0.05, 0) is 41.6 Å². The molecule has 0 aliphatic carbocycles. The average Bonchev–Trinajstić information content (AvgIpc) is 2.66. The molecule has 0 saturated heterocycles. The fourth-order valence-corrected chi connectivity index (χ4v) is 3.62. The van der Waals surface area contributed by atoms with Crippen molar-refractivity contribution in [3.63, 3.8) is 0 Å². The normalized spacial score (nSPS) is 12.2. The highest BCUT2D eigenvalue weighted by atomic mass is 35.5. The van der Waals surface area contributed by atoms with Gasteiger partial charge in [0.1, 0.15) is 24.2 Å². The van der Waals surface area contributed by atoms with E-state index in [1.165, 1.54) is 0 Å². The Labute approximate surface area is 167 Å². The van der Waals surface area contributed by atoms with Crippen LogP contribution in [-0.4, -0.2) is 36.6 Å². The first-order valence-electron chi connectivity index (χ1n) is 8.43. The number of fused-ring (bicyclic) bond motifs is 1. The highest BCUT2D eigenvalue weighted by Crippen LogP contribution is 2.43. The summed E-state index contributed by atoms with van der Waals surface area (Å²) < 4.78 is 11.2. The van der Waals surface area contributed by atoms with Gasteiger partial charge in [-0.25, -0.2) is 0 Å². The number of aliphatic hydroxyl groups is 2. The number of rotatable bonds is 6. The third kappa shape index (κ3) is 3.99. The molecule has 3 rings (SSSR count). The molecule has 0 heterocycles. The van der Waals surface area contributed by atoms with Gasteiger partial charge in [0.05, 0.1) is 13.7 Å². The molecule has 0 aromatic heterocycles. The van der Waals surface area contributed by atoms with Gasteiger partial charge in [-0.15, -0.1) is 0 Å². The van der Waals surface area contributed by atoms with Crippen molar-refractivity contribution in [2.75, 3.05) is 20.3 Å². The van der Waals surface area contributed by atoms with Crippen LogP contribution in [0, 0.1) is 6.92 Å². The van der Waals surface area contributed by atoms with Crippen LogP contribution in [0.15, 0.2) is 42.5 Å². The molecule has 1 unspecified atom stereocenters. The summed E-state index contributed by atoms with van der Waals surface area (Å²) in [5.41, 5.74) is 2.65. The summed E-state index contributed by atoms with van der Waals surface area (Å²) in [6.45, 7) is 1.58. The summed E-state index contributed by atoms with van der Waals surface area (Å²) in [6, 6.07) is 13.0. The molecule has 0 aliphatic heterocycles. The van der Waals surface area contributed by atoms with Crippen molar-refractivity contribution in [2.24, 2.45) is 0 Å². The molecule has 0 saturated carbocycles. The molecule has 0 radical (unpaired) electrons. The van der Waals surface area contributed by atoms with Gasteiger partial charge in [0, 0.05) is 27.1 Å². The summed E-state index contributed by atoms with van der Waals surface area (Å²) in [5, 5.41) is 21.5. The quantitative estimate of drug-likeness (QED) is 0.613. The number of ether oxygens (including phenoxy) is 2. The average molecular weight is 407 g/mol. The smallest absolute Gasteiger partial charge is 0.130 e. The van der Waals surface area contributed by atoms with E-state index in [1.54, 1.807) is 31.4 Å². The van der Waals surface area contributed by atoms with Crippen molar-refractivity contribution < 1.29 is 19.7 Å². The standard InChI is InChI=1S/C21H20Cl2O4/c1-12-6-7-15-16(20(12)21-17(22)4-3-5-18(21)23)8-14(26-2)9-19(15)27-11-13(25)10-24/h3-9,13,24-25H,10-11H2,1-2H3. The summed E-state index contributed by atoms with van der Waals surface area (Å²) >= 11 is 12.9. The zero-order valence-electron chi connectivity index (χ0n) is 15.0. The SMILES string of the molecule is COc1cc(OCC(O)CO)c2ccc(C)c(-c3c(Cl)cccc3Cl)c2c1. The fraction of sp³-hybridized carbons (Fsp3) is 0.238. The number of hydrogen-bond acceptors (Lipinski definition) is 4. The lowest BCUT2D eigenvalue weighted by atomic mass is 9.93. The Balaban J connectivity index is 2.27. The van der Waals surface area contributed by atoms with E-state index in [0.717, 1.165) is 27.5 Å². The van der Waals surface area contributed by atoms with Gasteiger partial charge in [0.15, 0.2) is 0 Å². The maximum Gasteiger partial charge on any atom is 0.130 e. The molecule has 0 aliphatic rings. The van der Waals surface area contributed by atoms with Crippen LogP contribution >= 0.6 is 23.2 Å². The molecular formula is C21H20Cl2O4. The minimum Gasteiger partial charge on any atom is -0.497 e. The topological polar surface area (TPSA) is 58.9 Å². The lowest BCUT2D eigenvalue weighted by Gasteiger charge is -2.18. The molecule has 4 nitrogen and oxygen atoms in total. The maximum absolute atomic E-state index is 9.63. The maximum atomic E-state index is 9.63. The lowest BCUT2D eigenvalue weighted by molar-refractivity contribution is 0.0540. The van der Waals surface area contributed by atoms with Crippen molar-refractivity contribution in [2.45, 2.75) is 13.0 Å². The molecule has 2 N–H and O–H groups in total. The van der Waals surface area contributed by atoms with E-state index in [2.05, 4.69) is 0 Å². The zero-order chi connectivity index (χ0) is 19.6. The van der Waals surface area contributed by atoms with Gasteiger partial charge in [-0.3, -0.25) is 0 Å². The molecule has 3 aromatic carbocycles. The first kappa shape index (κ1) is 19.8. The Bertz CT molecular complexity index is 952. The van der Waals surface area contributed by atoms with Gasteiger partial charge in [-0.1, -0.05) is 41.4 Å². The number of halogens is 2. The number of methoxy groups -OCH3 is 1. The summed E-state index contributed by atoms with van der Waals surface area (Å²) in [6.07, 6.45) is -0.964. The van der Waals surface area contributed by atoms with Crippen LogP contribution in [0.25, 0.3) is 21.9 Å². The molecule has 0 amide bonds. The second-order valence-corrected chi connectivity index (χ2v) is 7.04. The van der Waals surface area contributed by atoms with Crippen molar-refractivity contribution in [1.82, 2.24) is 0 Å². The van der Waals surface area contributed by atoms with E-state index in [4.69, 9.17) is 37.8 Å². The predicted molar refractivity (Wildman–Crippen MR) is 109 cm³/mol. The van der Waals surface area contributed by atoms with Gasteiger partial charge in [0.25, 0.3) is 0 Å². The van der Waals surface area contributed by atoms with Gasteiger partial charge in [0.2, 0.25) is 0 Å². The predicted octanol–water partition coefficient (Wildman–Crippen LogP) is 4.86. The van der Waals surface area contributed by atoms with Gasteiger partial charge < -0.3 is 19.7 Å². The lowest BCUT2D eigenvalue weighted by Crippen LogP contribution is -2.21. The van der Waals surface area contributed by atoms with Crippen molar-refractivity contribution in [3.05, 3.63) is 58.1 Å². The van der Waals surface area contributed by atoms with Crippen LogP contribution < -0.4 is 9.47 Å². The zero-order valence-corrected chi connectivity index (χ0v) is 16.5. The first-order chi connectivity index (χ1) is 13.0. The Morgan fingerprint density at radius 3 is 2.33 bits per heavy atom. The van der Waals surface area contributed by atoms with Crippen molar-refractivity contribution in [3.8, 4) is 22.6 Å². The highest BCUT2D eigenvalue weighted by Gasteiger charge is 2.18. The number of hydrogen-bond donors (Lipinski definition) is 2. The Morgan fingerprint density at radius 2 is 1.70 bits per heavy atom. The number of aryl methyl sites for hydroxylation is 1. The fourth-order valence-electron chi connectivity index (χ4n) is 3.03. The Morgan fingerprint density at radius 1 is 1.00 bits per heavy atom. The minimum atomic E-state index is -0.964. The van der Waals surface area contributed by atoms with Crippen LogP contribution in [0.3, 0.4) is 0 Å². The molecule has 3 aromatic rings. The third-order valence-corrected chi connectivity index (χ3v) is 5.00. The van der Waals surface area contributed by atoms with E-state index in [9.17, 15) is 5.11 Å². The van der Waals surface area contributed by atoms with E-state index in [-0.39, 0.29) is 13.2 Å². The van der Waals surface area contributed by atoms with E-state index in [0.29, 0.717) is 21.5 Å². The van der Waals surface area contributed by atoms with Gasteiger partial charge in [-0.2, -0.15) is 0 Å². The monoisotopic (exact) mass is 406 g/mol. The Kier molecular flexibility index (Phi) is 6.12. The van der Waals surface area contributed by atoms with E-state index >= 15 is 0 Å². The van der Waals surface area contributed by atoms with Crippen LogP contribution in [0.5, 0.6) is 11.5 Å². The molecule has 6 heteroatoms. The highest BCUT2D eigenvalue weighted by molar-refractivity contribution is 6.39.